The Morgan fingerprint density at radius 3 is 2.30 bits per heavy atom. The Morgan fingerprint density at radius 2 is 1.46 bits per heavy atom. The molecular formula is C31H21ClN2O3. The van der Waals surface area contributed by atoms with E-state index in [9.17, 15) is 14.4 Å². The van der Waals surface area contributed by atoms with E-state index in [1.54, 1.807) is 24.3 Å². The zero-order valence-electron chi connectivity index (χ0n) is 19.6. The number of carbonyl (C=O) groups excluding carboxylic acids is 3. The molecule has 2 fully saturated rings. The van der Waals surface area contributed by atoms with Crippen LogP contribution in [0, 0.1) is 11.8 Å². The number of imide groups is 1. The van der Waals surface area contributed by atoms with Crippen LogP contribution in [0.15, 0.2) is 97.2 Å². The second kappa shape index (κ2) is 8.15. The number of carbonyl (C=O) groups is 3. The Bertz CT molecular complexity index is 1640. The van der Waals surface area contributed by atoms with Crippen molar-refractivity contribution in [3.63, 3.8) is 0 Å². The van der Waals surface area contributed by atoms with Crippen molar-refractivity contribution in [2.45, 2.75) is 12.1 Å². The molecule has 6 heteroatoms. The molecule has 4 aromatic carbocycles. The van der Waals surface area contributed by atoms with Crippen LogP contribution in [0.4, 0.5) is 5.69 Å². The summed E-state index contributed by atoms with van der Waals surface area (Å²) in [7, 11) is 0. The number of amides is 2. The maximum Gasteiger partial charge on any atom is 0.240 e. The van der Waals surface area contributed by atoms with Gasteiger partial charge in [0.2, 0.25) is 11.8 Å². The molecule has 3 heterocycles. The summed E-state index contributed by atoms with van der Waals surface area (Å²) in [6.07, 6.45) is 3.82. The predicted molar refractivity (Wildman–Crippen MR) is 143 cm³/mol. The summed E-state index contributed by atoms with van der Waals surface area (Å²) in [5.41, 5.74) is 2.97. The molecule has 2 amide bonds. The number of ketones is 1. The third-order valence-corrected chi connectivity index (χ3v) is 8.12. The predicted octanol–water partition coefficient (Wildman–Crippen LogP) is 5.89. The van der Waals surface area contributed by atoms with Gasteiger partial charge in [-0.2, -0.15) is 0 Å². The number of benzene rings is 4. The van der Waals surface area contributed by atoms with E-state index in [2.05, 4.69) is 0 Å². The summed E-state index contributed by atoms with van der Waals surface area (Å²) in [5, 5.41) is 2.30. The molecule has 0 aromatic heterocycles. The number of halogens is 1. The van der Waals surface area contributed by atoms with Crippen LogP contribution in [-0.2, 0) is 9.59 Å². The van der Waals surface area contributed by atoms with Crippen LogP contribution in [0.3, 0.4) is 0 Å². The topological polar surface area (TPSA) is 57.7 Å². The maximum atomic E-state index is 14.2. The SMILES string of the molecule is O=C(c1ccc(Cl)cc1)[C@@H]1[C@@H]2C(=O)N(c3cccc4ccccc34)C(=O)[C@H]2[C@H]2c3ccccc3C=CN12. The first kappa shape index (κ1) is 22.0. The summed E-state index contributed by atoms with van der Waals surface area (Å²) in [4.78, 5) is 45.6. The Kier molecular flexibility index (Phi) is 4.85. The summed E-state index contributed by atoms with van der Waals surface area (Å²) in [6.45, 7) is 0. The Labute approximate surface area is 218 Å². The quantitative estimate of drug-likeness (QED) is 0.258. The highest BCUT2D eigenvalue weighted by Gasteiger charge is 2.64. The zero-order chi connectivity index (χ0) is 25.3. The van der Waals surface area contributed by atoms with Crippen LogP contribution in [-0.4, -0.2) is 28.5 Å². The highest BCUT2D eigenvalue weighted by atomic mass is 35.5. The van der Waals surface area contributed by atoms with Gasteiger partial charge in [-0.15, -0.1) is 0 Å². The normalized spacial score (nSPS) is 23.8. The fourth-order valence-corrected chi connectivity index (χ4v) is 6.41. The number of fused-ring (bicyclic) bond motifs is 6. The third-order valence-electron chi connectivity index (χ3n) is 7.87. The Balaban J connectivity index is 1.40. The number of anilines is 1. The number of rotatable bonds is 3. The fourth-order valence-electron chi connectivity index (χ4n) is 6.28. The van der Waals surface area contributed by atoms with Crippen LogP contribution in [0.2, 0.25) is 5.02 Å². The van der Waals surface area contributed by atoms with Crippen LogP contribution in [0.5, 0.6) is 0 Å². The van der Waals surface area contributed by atoms with Gasteiger partial charge in [-0.3, -0.25) is 14.4 Å². The highest BCUT2D eigenvalue weighted by Crippen LogP contribution is 2.54. The van der Waals surface area contributed by atoms with Crippen LogP contribution in [0.1, 0.15) is 27.5 Å². The fraction of sp³-hybridized carbons (Fsp3) is 0.129. The van der Waals surface area contributed by atoms with Gasteiger partial charge in [0, 0.05) is 22.2 Å². The molecule has 0 aliphatic carbocycles. The van der Waals surface area contributed by atoms with Gasteiger partial charge in [0.25, 0.3) is 0 Å². The molecule has 180 valence electrons. The van der Waals surface area contributed by atoms with Gasteiger partial charge in [-0.25, -0.2) is 4.90 Å². The molecule has 7 rings (SSSR count). The minimum absolute atomic E-state index is 0.195. The Morgan fingerprint density at radius 1 is 0.757 bits per heavy atom. The summed E-state index contributed by atoms with van der Waals surface area (Å²) in [6, 6.07) is 26.7. The molecule has 4 aromatic rings. The lowest BCUT2D eigenvalue weighted by atomic mass is 9.83. The van der Waals surface area contributed by atoms with E-state index < -0.39 is 23.9 Å². The lowest BCUT2D eigenvalue weighted by Crippen LogP contribution is -2.44. The number of hydrogen-bond acceptors (Lipinski definition) is 4. The molecule has 3 aliphatic rings. The van der Waals surface area contributed by atoms with Crippen LogP contribution in [0.25, 0.3) is 16.8 Å². The van der Waals surface area contributed by atoms with E-state index in [0.29, 0.717) is 16.3 Å². The van der Waals surface area contributed by atoms with E-state index in [0.717, 1.165) is 21.9 Å². The molecule has 2 saturated heterocycles. The third kappa shape index (κ3) is 3.14. The van der Waals surface area contributed by atoms with E-state index in [1.165, 1.54) is 4.90 Å². The molecular weight excluding hydrogens is 484 g/mol. The molecule has 5 nitrogen and oxygen atoms in total. The first-order chi connectivity index (χ1) is 18.0. The van der Waals surface area contributed by atoms with Gasteiger partial charge in [0.05, 0.1) is 23.6 Å². The van der Waals surface area contributed by atoms with Crippen LogP contribution < -0.4 is 4.90 Å². The molecule has 0 unspecified atom stereocenters. The van der Waals surface area contributed by atoms with E-state index in [1.807, 2.05) is 83.9 Å². The molecule has 0 spiro atoms. The monoisotopic (exact) mass is 504 g/mol. The lowest BCUT2D eigenvalue weighted by molar-refractivity contribution is -0.123. The molecule has 0 N–H and O–H groups in total. The first-order valence-electron chi connectivity index (χ1n) is 12.2. The van der Waals surface area contributed by atoms with Gasteiger partial charge < -0.3 is 4.90 Å². The average Bonchev–Trinajstić information content (AvgIpc) is 3.40. The van der Waals surface area contributed by atoms with Gasteiger partial charge in [-0.05, 0) is 52.9 Å². The summed E-state index contributed by atoms with van der Waals surface area (Å²) >= 11 is 6.07. The van der Waals surface area contributed by atoms with Crippen molar-refractivity contribution in [3.8, 4) is 0 Å². The van der Waals surface area contributed by atoms with Crippen molar-refractivity contribution in [1.82, 2.24) is 4.90 Å². The average molecular weight is 505 g/mol. The summed E-state index contributed by atoms with van der Waals surface area (Å²) < 4.78 is 0. The highest BCUT2D eigenvalue weighted by molar-refractivity contribution is 6.30. The molecule has 0 radical (unpaired) electrons. The van der Waals surface area contributed by atoms with E-state index >= 15 is 0 Å². The van der Waals surface area contributed by atoms with E-state index in [4.69, 9.17) is 11.6 Å². The van der Waals surface area contributed by atoms with Gasteiger partial charge in [0.1, 0.15) is 6.04 Å². The molecule has 0 saturated carbocycles. The molecule has 0 bridgehead atoms. The van der Waals surface area contributed by atoms with Crippen molar-refractivity contribution in [2.75, 3.05) is 4.90 Å². The molecule has 37 heavy (non-hydrogen) atoms. The van der Waals surface area contributed by atoms with Gasteiger partial charge in [0.15, 0.2) is 5.78 Å². The summed E-state index contributed by atoms with van der Waals surface area (Å²) in [5.74, 6) is -2.29. The maximum absolute atomic E-state index is 14.2. The standard InChI is InChI=1S/C31H21ClN2O3/c32-21-14-12-20(13-15-21)29(35)28-26-25(27-23-10-4-2-7-19(23)16-17-33(27)28)30(36)34(31(26)37)24-11-5-8-18-6-1-3-9-22(18)24/h1-17,25-28H/t25-,26-,27-,28+/m1/s1. The first-order valence-corrected chi connectivity index (χ1v) is 12.6. The minimum atomic E-state index is -0.810. The van der Waals surface area contributed by atoms with Crippen molar-refractivity contribution in [2.24, 2.45) is 11.8 Å². The zero-order valence-corrected chi connectivity index (χ0v) is 20.4. The molecule has 4 atom stereocenters. The van der Waals surface area contributed by atoms with Crippen molar-refractivity contribution < 1.29 is 14.4 Å². The lowest BCUT2D eigenvalue weighted by Gasteiger charge is -2.35. The largest absolute Gasteiger partial charge is 0.358 e. The van der Waals surface area contributed by atoms with Crippen molar-refractivity contribution in [3.05, 3.63) is 119 Å². The van der Waals surface area contributed by atoms with E-state index in [-0.39, 0.29) is 17.6 Å². The number of nitrogens with zero attached hydrogens (tertiary/aromatic N) is 2. The molecule has 3 aliphatic heterocycles. The van der Waals surface area contributed by atoms with Crippen molar-refractivity contribution >= 4 is 51.7 Å². The number of Topliss-reactive ketones (excluding diaryl/α,β-unsaturated/α-hetero) is 1. The van der Waals surface area contributed by atoms with Crippen LogP contribution >= 0.6 is 11.6 Å². The number of hydrogen-bond donors (Lipinski definition) is 0. The second-order valence-corrected chi connectivity index (χ2v) is 10.2. The Hall–Kier alpha value is -4.22. The van der Waals surface area contributed by atoms with Gasteiger partial charge >= 0.3 is 0 Å². The minimum Gasteiger partial charge on any atom is -0.358 e. The smallest absolute Gasteiger partial charge is 0.240 e. The van der Waals surface area contributed by atoms with Gasteiger partial charge in [-0.1, -0.05) is 72.3 Å². The van der Waals surface area contributed by atoms with Crippen molar-refractivity contribution in [1.29, 1.82) is 0 Å². The second-order valence-electron chi connectivity index (χ2n) is 9.71.